The molecule has 2 heterocycles. The van der Waals surface area contributed by atoms with Crippen molar-refractivity contribution in [3.8, 4) is 0 Å². The van der Waals surface area contributed by atoms with Crippen molar-refractivity contribution in [3.05, 3.63) is 17.0 Å². The lowest BCUT2D eigenvalue weighted by Gasteiger charge is -2.19. The van der Waals surface area contributed by atoms with Gasteiger partial charge in [-0.1, -0.05) is 6.92 Å². The molecule has 6 nitrogen and oxygen atoms in total. The molecule has 1 aliphatic rings. The first kappa shape index (κ1) is 15.0. The van der Waals surface area contributed by atoms with Gasteiger partial charge in [-0.15, -0.1) is 0 Å². The number of aliphatic hydroxyl groups is 1. The normalized spacial score (nSPS) is 17.4. The first-order valence-corrected chi connectivity index (χ1v) is 7.34. The lowest BCUT2D eigenvalue weighted by atomic mass is 10.1. The fourth-order valence-corrected chi connectivity index (χ4v) is 2.62. The topological polar surface area (TPSA) is 81.2 Å². The Balaban J connectivity index is 1.80. The maximum Gasteiger partial charge on any atom is 0.272 e. The van der Waals surface area contributed by atoms with Crippen LogP contribution in [0.2, 0.25) is 0 Å². The van der Waals surface area contributed by atoms with Crippen LogP contribution in [0.15, 0.2) is 0 Å². The van der Waals surface area contributed by atoms with Crippen molar-refractivity contribution in [2.24, 2.45) is 0 Å². The van der Waals surface area contributed by atoms with Crippen LogP contribution in [-0.2, 0) is 6.42 Å². The molecule has 1 aliphatic heterocycles. The highest BCUT2D eigenvalue weighted by Crippen LogP contribution is 2.10. The van der Waals surface area contributed by atoms with Gasteiger partial charge in [0.2, 0.25) is 0 Å². The van der Waals surface area contributed by atoms with E-state index >= 15 is 0 Å². The van der Waals surface area contributed by atoms with Crippen molar-refractivity contribution in [2.45, 2.75) is 39.2 Å². The lowest BCUT2D eigenvalue weighted by Crippen LogP contribution is -2.39. The number of carbonyl (C=O) groups excluding carboxylic acids is 1. The minimum absolute atomic E-state index is 0.223. The molecule has 1 aromatic rings. The molecule has 1 aromatic heterocycles. The zero-order chi connectivity index (χ0) is 14.5. The lowest BCUT2D eigenvalue weighted by molar-refractivity contribution is 0.0874. The Kier molecular flexibility index (Phi) is 5.14. The largest absolute Gasteiger partial charge is 0.390 e. The highest BCUT2D eigenvalue weighted by atomic mass is 16.3. The smallest absolute Gasteiger partial charge is 0.272 e. The van der Waals surface area contributed by atoms with Crippen LogP contribution >= 0.6 is 0 Å². The van der Waals surface area contributed by atoms with Crippen LogP contribution in [-0.4, -0.2) is 58.4 Å². The maximum absolute atomic E-state index is 12.0. The predicted molar refractivity (Wildman–Crippen MR) is 76.7 cm³/mol. The molecule has 0 unspecified atom stereocenters. The van der Waals surface area contributed by atoms with Crippen LogP contribution in [0.1, 0.15) is 41.5 Å². The average molecular weight is 280 g/mol. The first-order chi connectivity index (χ1) is 9.61. The number of hydrogen-bond acceptors (Lipinski definition) is 4. The van der Waals surface area contributed by atoms with E-state index in [4.69, 9.17) is 0 Å². The molecular formula is C14H24N4O2. The second-order valence-electron chi connectivity index (χ2n) is 5.40. The maximum atomic E-state index is 12.0. The second kappa shape index (κ2) is 6.85. The summed E-state index contributed by atoms with van der Waals surface area (Å²) in [7, 11) is 0. The van der Waals surface area contributed by atoms with Crippen LogP contribution in [0.5, 0.6) is 0 Å². The van der Waals surface area contributed by atoms with Gasteiger partial charge in [-0.05, 0) is 39.3 Å². The van der Waals surface area contributed by atoms with Crippen molar-refractivity contribution in [1.82, 2.24) is 20.4 Å². The van der Waals surface area contributed by atoms with E-state index in [2.05, 4.69) is 20.4 Å². The highest BCUT2D eigenvalue weighted by Gasteiger charge is 2.18. The molecule has 1 saturated heterocycles. The van der Waals surface area contributed by atoms with Crippen molar-refractivity contribution >= 4 is 5.91 Å². The number of hydrogen-bond donors (Lipinski definition) is 3. The van der Waals surface area contributed by atoms with E-state index < -0.39 is 6.10 Å². The number of rotatable bonds is 6. The Morgan fingerprint density at radius 2 is 2.20 bits per heavy atom. The summed E-state index contributed by atoms with van der Waals surface area (Å²) in [5.74, 6) is -0.223. The first-order valence-electron chi connectivity index (χ1n) is 7.34. The van der Waals surface area contributed by atoms with Gasteiger partial charge in [0.15, 0.2) is 5.69 Å². The zero-order valence-electron chi connectivity index (χ0n) is 12.3. The summed E-state index contributed by atoms with van der Waals surface area (Å²) in [5, 5.41) is 19.6. The van der Waals surface area contributed by atoms with Gasteiger partial charge in [-0.2, -0.15) is 5.10 Å². The van der Waals surface area contributed by atoms with E-state index in [9.17, 15) is 9.90 Å². The summed E-state index contributed by atoms with van der Waals surface area (Å²) in [6.07, 6.45) is 2.70. The van der Waals surface area contributed by atoms with E-state index in [0.717, 1.165) is 30.8 Å². The van der Waals surface area contributed by atoms with Crippen LogP contribution in [0, 0.1) is 6.92 Å². The quantitative estimate of drug-likeness (QED) is 0.707. The minimum Gasteiger partial charge on any atom is -0.390 e. The van der Waals surface area contributed by atoms with Gasteiger partial charge in [0.05, 0.1) is 6.10 Å². The van der Waals surface area contributed by atoms with E-state index in [0.29, 0.717) is 12.2 Å². The highest BCUT2D eigenvalue weighted by molar-refractivity contribution is 5.93. The number of aliphatic hydroxyl groups excluding tert-OH is 1. The second-order valence-corrected chi connectivity index (χ2v) is 5.40. The van der Waals surface area contributed by atoms with Crippen LogP contribution in [0.25, 0.3) is 0 Å². The van der Waals surface area contributed by atoms with Gasteiger partial charge in [-0.3, -0.25) is 9.89 Å². The zero-order valence-corrected chi connectivity index (χ0v) is 12.3. The number of aromatic amines is 1. The third-order valence-electron chi connectivity index (χ3n) is 3.85. The fourth-order valence-electron chi connectivity index (χ4n) is 2.62. The molecular weight excluding hydrogens is 256 g/mol. The molecule has 1 atom stereocenters. The predicted octanol–water partition coefficient (Wildman–Crippen LogP) is 0.467. The summed E-state index contributed by atoms with van der Waals surface area (Å²) in [4.78, 5) is 14.2. The number of H-pyrrole nitrogens is 1. The van der Waals surface area contributed by atoms with Crippen LogP contribution in [0.4, 0.5) is 0 Å². The number of aryl methyl sites for hydroxylation is 1. The van der Waals surface area contributed by atoms with Gasteiger partial charge >= 0.3 is 0 Å². The Morgan fingerprint density at radius 1 is 1.50 bits per heavy atom. The van der Waals surface area contributed by atoms with Crippen molar-refractivity contribution < 1.29 is 9.90 Å². The third kappa shape index (κ3) is 3.58. The Bertz CT molecular complexity index is 452. The molecule has 1 fully saturated rings. The molecule has 0 spiro atoms. The number of amides is 1. The van der Waals surface area contributed by atoms with Crippen LogP contribution in [0.3, 0.4) is 0 Å². The number of carbonyl (C=O) groups is 1. The fraction of sp³-hybridized carbons (Fsp3) is 0.714. The summed E-state index contributed by atoms with van der Waals surface area (Å²) in [5.41, 5.74) is 2.29. The number of nitrogens with zero attached hydrogens (tertiary/aromatic N) is 2. The van der Waals surface area contributed by atoms with Crippen molar-refractivity contribution in [3.63, 3.8) is 0 Å². The van der Waals surface area contributed by atoms with E-state index in [-0.39, 0.29) is 12.5 Å². The molecule has 0 saturated carbocycles. The Hall–Kier alpha value is -1.40. The van der Waals surface area contributed by atoms with Gasteiger partial charge in [0.25, 0.3) is 5.91 Å². The number of likely N-dealkylation sites (tertiary alicyclic amines) is 1. The molecule has 6 heteroatoms. The SMILES string of the molecule is CCc1[nH]nc(C(=O)NC[C@H](O)CN2CCCC2)c1C. The third-order valence-corrected chi connectivity index (χ3v) is 3.85. The number of nitrogens with one attached hydrogen (secondary N) is 2. The van der Waals surface area contributed by atoms with Gasteiger partial charge in [0.1, 0.15) is 0 Å². The molecule has 0 aliphatic carbocycles. The Morgan fingerprint density at radius 3 is 2.80 bits per heavy atom. The molecule has 20 heavy (non-hydrogen) atoms. The summed E-state index contributed by atoms with van der Waals surface area (Å²) < 4.78 is 0. The summed E-state index contributed by atoms with van der Waals surface area (Å²) >= 11 is 0. The van der Waals surface area contributed by atoms with Gasteiger partial charge < -0.3 is 15.3 Å². The molecule has 0 aromatic carbocycles. The number of β-amino-alcohol motifs (C(OH)–C–C–N with tert-alkyl or cyclic N) is 1. The molecule has 0 radical (unpaired) electrons. The van der Waals surface area contributed by atoms with Crippen molar-refractivity contribution in [2.75, 3.05) is 26.2 Å². The monoisotopic (exact) mass is 280 g/mol. The summed E-state index contributed by atoms with van der Waals surface area (Å²) in [6, 6.07) is 0. The molecule has 3 N–H and O–H groups in total. The van der Waals surface area contributed by atoms with Crippen LogP contribution < -0.4 is 5.32 Å². The molecule has 112 valence electrons. The molecule has 2 rings (SSSR count). The van der Waals surface area contributed by atoms with E-state index in [1.54, 1.807) is 0 Å². The van der Waals surface area contributed by atoms with E-state index in [1.807, 2.05) is 13.8 Å². The van der Waals surface area contributed by atoms with Gasteiger partial charge in [0, 0.05) is 24.3 Å². The standard InChI is InChI=1S/C14H24N4O2/c1-3-12-10(2)13(17-16-12)14(20)15-8-11(19)9-18-6-4-5-7-18/h11,19H,3-9H2,1-2H3,(H,15,20)(H,16,17)/t11-/m0/s1. The summed E-state index contributed by atoms with van der Waals surface area (Å²) in [6.45, 7) is 6.88. The number of aromatic nitrogens is 2. The minimum atomic E-state index is -0.526. The molecule has 1 amide bonds. The van der Waals surface area contributed by atoms with Crippen molar-refractivity contribution in [1.29, 1.82) is 0 Å². The molecule has 0 bridgehead atoms. The van der Waals surface area contributed by atoms with Gasteiger partial charge in [-0.25, -0.2) is 0 Å². The van der Waals surface area contributed by atoms with E-state index in [1.165, 1.54) is 12.8 Å². The Labute approximate surface area is 119 Å². The average Bonchev–Trinajstić information content (AvgIpc) is 3.05.